The van der Waals surface area contributed by atoms with Crippen molar-refractivity contribution in [1.29, 1.82) is 0 Å². The summed E-state index contributed by atoms with van der Waals surface area (Å²) in [5.74, 6) is -1.23. The molecule has 0 unspecified atom stereocenters. The molecule has 0 spiro atoms. The van der Waals surface area contributed by atoms with Crippen molar-refractivity contribution >= 4 is 38.9 Å². The monoisotopic (exact) mass is 577 g/mol. The molecule has 0 aliphatic carbocycles. The van der Waals surface area contributed by atoms with Crippen LogP contribution in [-0.2, 0) is 33.2 Å². The lowest BCUT2D eigenvalue weighted by molar-refractivity contribution is -0.116. The van der Waals surface area contributed by atoms with Gasteiger partial charge in [0.2, 0.25) is 0 Å². The number of halogens is 2. The molecule has 0 bridgehead atoms. The van der Waals surface area contributed by atoms with E-state index < -0.39 is 15.7 Å². The number of fused-ring (bicyclic) bond motifs is 1. The number of ketones is 1. The van der Waals surface area contributed by atoms with Crippen LogP contribution in [-0.4, -0.2) is 37.5 Å². The van der Waals surface area contributed by atoms with E-state index in [0.717, 1.165) is 17.2 Å². The summed E-state index contributed by atoms with van der Waals surface area (Å²) in [6, 6.07) is 17.6. The van der Waals surface area contributed by atoms with Gasteiger partial charge in [0.1, 0.15) is 11.6 Å². The van der Waals surface area contributed by atoms with Crippen LogP contribution >= 0.6 is 11.6 Å². The maximum absolute atomic E-state index is 15.3. The minimum absolute atomic E-state index is 0.110. The Balaban J connectivity index is 1.42. The molecule has 1 aliphatic heterocycles. The lowest BCUT2D eigenvalue weighted by Crippen LogP contribution is -2.31. The Morgan fingerprint density at radius 2 is 1.75 bits per heavy atom. The van der Waals surface area contributed by atoms with Gasteiger partial charge >= 0.3 is 0 Å². The maximum Gasteiger partial charge on any atom is 0.251 e. The van der Waals surface area contributed by atoms with Gasteiger partial charge < -0.3 is 11.1 Å². The van der Waals surface area contributed by atoms with Crippen LogP contribution in [0, 0.1) is 5.82 Å². The number of aromatic nitrogens is 1. The molecule has 1 aromatic heterocycles. The van der Waals surface area contributed by atoms with Crippen LogP contribution in [0.3, 0.4) is 0 Å². The van der Waals surface area contributed by atoms with E-state index in [9.17, 15) is 18.0 Å². The zero-order chi connectivity index (χ0) is 28.4. The van der Waals surface area contributed by atoms with Crippen LogP contribution < -0.4 is 11.1 Å². The topological polar surface area (TPSA) is 119 Å². The number of anilines is 1. The Morgan fingerprint density at radius 1 is 0.975 bits per heavy atom. The fourth-order valence-electron chi connectivity index (χ4n) is 4.78. The Hall–Kier alpha value is -4.08. The first-order valence-electron chi connectivity index (χ1n) is 12.5. The average molecular weight is 578 g/mol. The number of hydrogen-bond donors (Lipinski definition) is 2. The van der Waals surface area contributed by atoms with Crippen molar-refractivity contribution in [3.63, 3.8) is 0 Å². The van der Waals surface area contributed by atoms with Crippen molar-refractivity contribution in [3.05, 3.63) is 101 Å². The van der Waals surface area contributed by atoms with Crippen LogP contribution in [0.25, 0.3) is 22.3 Å². The smallest absolute Gasteiger partial charge is 0.251 e. The summed E-state index contributed by atoms with van der Waals surface area (Å²) in [6.45, 7) is 0.544. The Morgan fingerprint density at radius 3 is 2.52 bits per heavy atom. The Labute approximate surface area is 236 Å². The molecule has 4 aromatic rings. The molecular weight excluding hydrogens is 553 g/mol. The highest BCUT2D eigenvalue weighted by Gasteiger charge is 2.21. The number of pyridine rings is 1. The largest absolute Gasteiger partial charge is 0.383 e. The number of alkyl halides is 1. The van der Waals surface area contributed by atoms with Gasteiger partial charge in [0, 0.05) is 41.4 Å². The number of nitrogen functional groups attached to an aromatic ring is 1. The molecule has 0 saturated carbocycles. The lowest BCUT2D eigenvalue weighted by Gasteiger charge is -2.18. The van der Waals surface area contributed by atoms with Crippen LogP contribution in [0.4, 0.5) is 10.2 Å². The van der Waals surface area contributed by atoms with Crippen molar-refractivity contribution in [1.82, 2.24) is 10.3 Å². The first-order valence-corrected chi connectivity index (χ1v) is 14.7. The molecule has 0 radical (unpaired) electrons. The van der Waals surface area contributed by atoms with Crippen LogP contribution in [0.1, 0.15) is 27.0 Å². The van der Waals surface area contributed by atoms with E-state index in [1.807, 2.05) is 6.07 Å². The van der Waals surface area contributed by atoms with Crippen molar-refractivity contribution in [3.8, 4) is 22.3 Å². The fraction of sp³-hybridized carbons (Fsp3) is 0.167. The molecule has 0 saturated heterocycles. The maximum atomic E-state index is 15.3. The van der Waals surface area contributed by atoms with Gasteiger partial charge in [-0.25, -0.2) is 17.8 Å². The standard InChI is InChI=1S/C30H25ClFN3O4S/c31-15-23(36)11-18-2-1-3-19(10-18)17-40(38,39)24-5-7-25(28(32)14-24)22-13-27(29(33)35-16-22)20-4-6-26-21(12-20)8-9-34-30(26)37/h1-7,10,12-14,16H,8-9,11,15,17H2,(H2,33,35)(H,34,37). The summed E-state index contributed by atoms with van der Waals surface area (Å²) in [7, 11) is -3.88. The summed E-state index contributed by atoms with van der Waals surface area (Å²) in [5, 5.41) is 2.81. The number of nitrogens with one attached hydrogen (secondary N) is 1. The molecule has 3 aromatic carbocycles. The number of rotatable bonds is 8. The van der Waals surface area contributed by atoms with Crippen LogP contribution in [0.2, 0.25) is 0 Å². The number of nitrogens with zero attached hydrogens (tertiary/aromatic N) is 1. The zero-order valence-electron chi connectivity index (χ0n) is 21.3. The number of carbonyl (C=O) groups is 2. The predicted octanol–water partition coefficient (Wildman–Crippen LogP) is 4.75. The van der Waals surface area contributed by atoms with E-state index in [-0.39, 0.29) is 46.0 Å². The Kier molecular flexibility index (Phi) is 7.69. The summed E-state index contributed by atoms with van der Waals surface area (Å²) in [4.78, 5) is 27.8. The summed E-state index contributed by atoms with van der Waals surface area (Å²) in [5.41, 5.74) is 10.7. The first kappa shape index (κ1) is 27.5. The molecule has 0 fully saturated rings. The molecular formula is C30H25ClFN3O4S. The van der Waals surface area contributed by atoms with Gasteiger partial charge in [0.05, 0.1) is 16.5 Å². The van der Waals surface area contributed by atoms with Crippen molar-refractivity contribution in [2.75, 3.05) is 18.2 Å². The van der Waals surface area contributed by atoms with Gasteiger partial charge in [-0.05, 0) is 52.9 Å². The highest BCUT2D eigenvalue weighted by atomic mass is 35.5. The van der Waals surface area contributed by atoms with Gasteiger partial charge in [-0.1, -0.05) is 42.5 Å². The van der Waals surface area contributed by atoms with Crippen molar-refractivity contribution < 1.29 is 22.4 Å². The van der Waals surface area contributed by atoms with E-state index >= 15 is 4.39 Å². The van der Waals surface area contributed by atoms with Gasteiger partial charge in [0.25, 0.3) is 5.91 Å². The molecule has 204 valence electrons. The highest BCUT2D eigenvalue weighted by Crippen LogP contribution is 2.33. The third kappa shape index (κ3) is 5.76. The molecule has 10 heteroatoms. The summed E-state index contributed by atoms with van der Waals surface area (Å²) < 4.78 is 41.5. The third-order valence-electron chi connectivity index (χ3n) is 6.77. The van der Waals surface area contributed by atoms with Gasteiger partial charge in [-0.15, -0.1) is 11.6 Å². The van der Waals surface area contributed by atoms with Crippen molar-refractivity contribution in [2.24, 2.45) is 0 Å². The van der Waals surface area contributed by atoms with Crippen molar-refractivity contribution in [2.45, 2.75) is 23.5 Å². The molecule has 2 heterocycles. The van der Waals surface area contributed by atoms with E-state index in [0.29, 0.717) is 40.8 Å². The van der Waals surface area contributed by atoms with E-state index in [2.05, 4.69) is 10.3 Å². The number of hydrogen-bond acceptors (Lipinski definition) is 6. The normalized spacial score (nSPS) is 13.0. The van der Waals surface area contributed by atoms with Gasteiger partial charge in [0.15, 0.2) is 15.6 Å². The number of nitrogens with two attached hydrogens (primary N) is 1. The first-order chi connectivity index (χ1) is 19.1. The SMILES string of the molecule is Nc1ncc(-c2ccc(S(=O)(=O)Cc3cccc(CC(=O)CCl)c3)cc2F)cc1-c1ccc2c(c1)CCNC2=O. The van der Waals surface area contributed by atoms with Gasteiger partial charge in [-0.2, -0.15) is 0 Å². The van der Waals surface area contributed by atoms with E-state index in [4.69, 9.17) is 17.3 Å². The molecule has 0 atom stereocenters. The van der Waals surface area contributed by atoms with Crippen LogP contribution in [0.5, 0.6) is 0 Å². The minimum atomic E-state index is -3.88. The number of carbonyl (C=O) groups excluding carboxylic acids is 2. The molecule has 7 nitrogen and oxygen atoms in total. The second-order valence-electron chi connectivity index (χ2n) is 9.60. The zero-order valence-corrected chi connectivity index (χ0v) is 22.9. The number of sulfone groups is 1. The third-order valence-corrected chi connectivity index (χ3v) is 8.75. The van der Waals surface area contributed by atoms with E-state index in [1.54, 1.807) is 42.5 Å². The highest BCUT2D eigenvalue weighted by molar-refractivity contribution is 7.90. The second-order valence-corrected chi connectivity index (χ2v) is 11.9. The van der Waals surface area contributed by atoms with E-state index in [1.165, 1.54) is 18.3 Å². The second kappa shape index (κ2) is 11.2. The predicted molar refractivity (Wildman–Crippen MR) is 152 cm³/mol. The summed E-state index contributed by atoms with van der Waals surface area (Å²) in [6.07, 6.45) is 2.23. The minimum Gasteiger partial charge on any atom is -0.383 e. The molecule has 1 aliphatic rings. The Bertz CT molecular complexity index is 1760. The summed E-state index contributed by atoms with van der Waals surface area (Å²) >= 11 is 5.57. The quantitative estimate of drug-likeness (QED) is 0.292. The fourth-order valence-corrected chi connectivity index (χ4v) is 6.22. The average Bonchev–Trinajstić information content (AvgIpc) is 2.93. The number of amides is 1. The van der Waals surface area contributed by atoms with Gasteiger partial charge in [-0.3, -0.25) is 9.59 Å². The lowest BCUT2D eigenvalue weighted by atomic mass is 9.94. The molecule has 40 heavy (non-hydrogen) atoms. The number of benzene rings is 3. The molecule has 5 rings (SSSR count). The molecule has 3 N–H and O–H groups in total. The molecule has 1 amide bonds. The van der Waals surface area contributed by atoms with Crippen LogP contribution in [0.15, 0.2) is 77.8 Å². The number of Topliss-reactive ketones (excluding diaryl/α,β-unsaturated/α-hetero) is 1.